The maximum Gasteiger partial charge on any atom is 0.328 e. The topological polar surface area (TPSA) is 92.3 Å². The lowest BCUT2D eigenvalue weighted by molar-refractivity contribution is 0.256. The molecule has 4 rings (SSSR count). The molecule has 0 saturated heterocycles. The van der Waals surface area contributed by atoms with E-state index >= 15 is 0 Å². The lowest BCUT2D eigenvalue weighted by Crippen LogP contribution is -2.36. The van der Waals surface area contributed by atoms with Gasteiger partial charge in [0.15, 0.2) is 11.6 Å². The number of hydrogen-bond donors (Lipinski definition) is 2. The van der Waals surface area contributed by atoms with Crippen LogP contribution >= 0.6 is 0 Å². The first-order valence-corrected chi connectivity index (χ1v) is 9.40. The Morgan fingerprint density at radius 1 is 1.21 bits per heavy atom. The molecule has 3 aromatic rings. The summed E-state index contributed by atoms with van der Waals surface area (Å²) in [6.07, 6.45) is 3.73. The third kappa shape index (κ3) is 4.11. The van der Waals surface area contributed by atoms with Crippen molar-refractivity contribution in [3.05, 3.63) is 54.4 Å². The number of anilines is 3. The second kappa shape index (κ2) is 8.14. The molecular formula is C21H22N6O2. The molecule has 0 saturated carbocycles. The predicted octanol–water partition coefficient (Wildman–Crippen LogP) is 3.71. The number of pyridine rings is 1. The molecule has 2 amide bonds. The quantitative estimate of drug-likeness (QED) is 0.708. The van der Waals surface area contributed by atoms with E-state index in [2.05, 4.69) is 26.7 Å². The minimum atomic E-state index is -0.302. The molecule has 0 atom stereocenters. The number of nitrogens with one attached hydrogen (secondary N) is 2. The number of aryl methyl sites for hydroxylation is 1. The summed E-state index contributed by atoms with van der Waals surface area (Å²) in [4.78, 5) is 27.7. The Hall–Kier alpha value is -3.68. The van der Waals surface area contributed by atoms with Crippen molar-refractivity contribution in [1.82, 2.24) is 15.0 Å². The normalized spacial score (nSPS) is 13.1. The molecule has 2 aromatic heterocycles. The summed E-state index contributed by atoms with van der Waals surface area (Å²) in [6.45, 7) is 3.36. The number of carbonyl (C=O) groups is 1. The number of nitrogens with zero attached hydrogens (tertiary/aromatic N) is 4. The first kappa shape index (κ1) is 18.7. The van der Waals surface area contributed by atoms with Gasteiger partial charge in [-0.1, -0.05) is 23.8 Å². The number of ether oxygens (including phenoxy) is 1. The van der Waals surface area contributed by atoms with Gasteiger partial charge >= 0.3 is 6.03 Å². The van der Waals surface area contributed by atoms with Crippen LogP contribution in [0.3, 0.4) is 0 Å². The fourth-order valence-electron chi connectivity index (χ4n) is 3.18. The highest BCUT2D eigenvalue weighted by molar-refractivity contribution is 6.02. The van der Waals surface area contributed by atoms with E-state index < -0.39 is 0 Å². The average molecular weight is 390 g/mol. The molecule has 148 valence electrons. The maximum atomic E-state index is 13.0. The monoisotopic (exact) mass is 390 g/mol. The van der Waals surface area contributed by atoms with E-state index in [1.54, 1.807) is 4.90 Å². The molecule has 1 aromatic carbocycles. The lowest BCUT2D eigenvalue weighted by atomic mass is 10.1. The van der Waals surface area contributed by atoms with Crippen LogP contribution in [0.1, 0.15) is 12.0 Å². The molecule has 29 heavy (non-hydrogen) atoms. The highest BCUT2D eigenvalue weighted by Gasteiger charge is 2.24. The minimum Gasteiger partial charge on any atom is -0.480 e. The Bertz CT molecular complexity index is 1020. The zero-order chi connectivity index (χ0) is 20.2. The molecule has 0 radical (unpaired) electrons. The van der Waals surface area contributed by atoms with Crippen LogP contribution in [0, 0.1) is 6.92 Å². The maximum absolute atomic E-state index is 13.0. The van der Waals surface area contributed by atoms with E-state index in [-0.39, 0.29) is 6.03 Å². The molecule has 3 heterocycles. The zero-order valence-electron chi connectivity index (χ0n) is 16.3. The summed E-state index contributed by atoms with van der Waals surface area (Å²) in [5.41, 5.74) is 3.82. The molecule has 0 bridgehead atoms. The number of methoxy groups -OCH3 is 1. The number of rotatable bonds is 3. The van der Waals surface area contributed by atoms with E-state index in [9.17, 15) is 4.79 Å². The molecule has 1 aliphatic rings. The van der Waals surface area contributed by atoms with Crippen LogP contribution in [-0.4, -0.2) is 41.2 Å². The summed E-state index contributed by atoms with van der Waals surface area (Å²) < 4.78 is 5.00. The van der Waals surface area contributed by atoms with Crippen LogP contribution in [0.15, 0.2) is 48.8 Å². The standard InChI is InChI=1S/C21H22N6O2/c1-14-5-3-6-15(11-14)16-7-8-17-20(25-16)27(10-4-9-22-17)21(28)26-18-12-24-19(29-2)13-23-18/h3,5-8,11-13,22H,4,9-10H2,1-2H3,(H,23,26,28). The van der Waals surface area contributed by atoms with E-state index in [0.717, 1.165) is 35.5 Å². The van der Waals surface area contributed by atoms with Gasteiger partial charge in [0.2, 0.25) is 5.88 Å². The van der Waals surface area contributed by atoms with Gasteiger partial charge < -0.3 is 10.1 Å². The largest absolute Gasteiger partial charge is 0.480 e. The van der Waals surface area contributed by atoms with Gasteiger partial charge in [0, 0.05) is 18.7 Å². The van der Waals surface area contributed by atoms with Crippen molar-refractivity contribution in [2.75, 3.05) is 35.7 Å². The van der Waals surface area contributed by atoms with Crippen LogP contribution in [-0.2, 0) is 0 Å². The first-order chi connectivity index (χ1) is 14.1. The van der Waals surface area contributed by atoms with Crippen LogP contribution in [0.4, 0.5) is 22.1 Å². The average Bonchev–Trinajstić information content (AvgIpc) is 2.96. The molecule has 8 nitrogen and oxygen atoms in total. The second-order valence-electron chi connectivity index (χ2n) is 6.74. The molecule has 2 N–H and O–H groups in total. The van der Waals surface area contributed by atoms with Gasteiger partial charge in [-0.15, -0.1) is 0 Å². The number of benzene rings is 1. The number of urea groups is 1. The summed E-state index contributed by atoms with van der Waals surface area (Å²) in [6, 6.07) is 11.8. The third-order valence-corrected chi connectivity index (χ3v) is 4.64. The van der Waals surface area contributed by atoms with E-state index in [1.165, 1.54) is 19.5 Å². The van der Waals surface area contributed by atoms with Crippen molar-refractivity contribution < 1.29 is 9.53 Å². The molecule has 1 aliphatic heterocycles. The van der Waals surface area contributed by atoms with Crippen molar-refractivity contribution in [2.45, 2.75) is 13.3 Å². The van der Waals surface area contributed by atoms with Crippen LogP contribution in [0.25, 0.3) is 11.3 Å². The van der Waals surface area contributed by atoms with Gasteiger partial charge in [-0.05, 0) is 31.5 Å². The van der Waals surface area contributed by atoms with Crippen LogP contribution in [0.5, 0.6) is 5.88 Å². The Morgan fingerprint density at radius 2 is 2.10 bits per heavy atom. The lowest BCUT2D eigenvalue weighted by Gasteiger charge is -2.22. The smallest absolute Gasteiger partial charge is 0.328 e. The summed E-state index contributed by atoms with van der Waals surface area (Å²) in [7, 11) is 1.51. The van der Waals surface area contributed by atoms with E-state index in [1.807, 2.05) is 37.3 Å². The number of fused-ring (bicyclic) bond motifs is 1. The minimum absolute atomic E-state index is 0.302. The van der Waals surface area contributed by atoms with E-state index in [0.29, 0.717) is 24.1 Å². The molecule has 0 spiro atoms. The first-order valence-electron chi connectivity index (χ1n) is 9.40. The van der Waals surface area contributed by atoms with Gasteiger partial charge in [0.25, 0.3) is 0 Å². The highest BCUT2D eigenvalue weighted by Crippen LogP contribution is 2.30. The third-order valence-electron chi connectivity index (χ3n) is 4.64. The Kier molecular flexibility index (Phi) is 5.24. The predicted molar refractivity (Wildman–Crippen MR) is 112 cm³/mol. The number of aromatic nitrogens is 3. The van der Waals surface area contributed by atoms with Crippen molar-refractivity contribution >= 4 is 23.4 Å². The van der Waals surface area contributed by atoms with Gasteiger partial charge in [0.1, 0.15) is 0 Å². The summed E-state index contributed by atoms with van der Waals surface area (Å²) in [5, 5.41) is 6.14. The van der Waals surface area contributed by atoms with Gasteiger partial charge in [0.05, 0.1) is 30.9 Å². The van der Waals surface area contributed by atoms with Crippen molar-refractivity contribution in [3.63, 3.8) is 0 Å². The molecular weight excluding hydrogens is 368 g/mol. The van der Waals surface area contributed by atoms with Crippen LogP contribution in [0.2, 0.25) is 0 Å². The Morgan fingerprint density at radius 3 is 2.86 bits per heavy atom. The SMILES string of the molecule is COc1cnc(NC(=O)N2CCCNc3ccc(-c4cccc(C)c4)nc32)cn1. The van der Waals surface area contributed by atoms with Crippen molar-refractivity contribution in [2.24, 2.45) is 0 Å². The van der Waals surface area contributed by atoms with Crippen LogP contribution < -0.4 is 20.3 Å². The molecule has 8 heteroatoms. The number of hydrogen-bond acceptors (Lipinski definition) is 6. The highest BCUT2D eigenvalue weighted by atomic mass is 16.5. The Labute approximate surface area is 169 Å². The Balaban J connectivity index is 1.64. The summed E-state index contributed by atoms with van der Waals surface area (Å²) >= 11 is 0. The van der Waals surface area contributed by atoms with Gasteiger partial charge in [-0.25, -0.2) is 19.7 Å². The van der Waals surface area contributed by atoms with Gasteiger partial charge in [-0.3, -0.25) is 10.2 Å². The number of carbonyl (C=O) groups excluding carboxylic acids is 1. The van der Waals surface area contributed by atoms with Crippen molar-refractivity contribution in [3.8, 4) is 17.1 Å². The van der Waals surface area contributed by atoms with Gasteiger partial charge in [-0.2, -0.15) is 0 Å². The molecule has 0 fully saturated rings. The number of amides is 2. The molecule has 0 aliphatic carbocycles. The second-order valence-corrected chi connectivity index (χ2v) is 6.74. The fraction of sp³-hybridized carbons (Fsp3) is 0.238. The fourth-order valence-corrected chi connectivity index (χ4v) is 3.18. The zero-order valence-corrected chi connectivity index (χ0v) is 16.3. The summed E-state index contributed by atoms with van der Waals surface area (Å²) in [5.74, 6) is 1.33. The molecule has 0 unspecified atom stereocenters. The van der Waals surface area contributed by atoms with E-state index in [4.69, 9.17) is 9.72 Å². The van der Waals surface area contributed by atoms with Crippen molar-refractivity contribution in [1.29, 1.82) is 0 Å².